The van der Waals surface area contributed by atoms with Crippen molar-refractivity contribution < 1.29 is 17.9 Å². The highest BCUT2D eigenvalue weighted by atomic mass is 32.2. The van der Waals surface area contributed by atoms with Crippen LogP contribution >= 0.6 is 0 Å². The number of ketones is 1. The average Bonchev–Trinajstić information content (AvgIpc) is 2.66. The molecule has 2 aromatic rings. The monoisotopic (exact) mass is 388 g/mol. The molecule has 0 radical (unpaired) electrons. The van der Waals surface area contributed by atoms with Crippen LogP contribution in [-0.2, 0) is 10.0 Å². The lowest BCUT2D eigenvalue weighted by molar-refractivity contribution is 0.104. The molecule has 144 valence electrons. The number of ether oxygens (including phenoxy) is 1. The third kappa shape index (κ3) is 4.89. The highest BCUT2D eigenvalue weighted by Crippen LogP contribution is 2.26. The van der Waals surface area contributed by atoms with Gasteiger partial charge in [0.15, 0.2) is 5.78 Å². The fraction of sp³-hybridized carbons (Fsp3) is 0.250. The van der Waals surface area contributed by atoms with E-state index in [2.05, 4.69) is 0 Å². The number of hydrogen-bond acceptors (Lipinski definition) is 5. The first-order chi connectivity index (χ1) is 12.8. The predicted molar refractivity (Wildman–Crippen MR) is 107 cm³/mol. The third-order valence-corrected chi connectivity index (χ3v) is 5.79. The number of methoxy groups -OCH3 is 1. The van der Waals surface area contributed by atoms with E-state index in [1.165, 1.54) is 29.6 Å². The molecule has 0 unspecified atom stereocenters. The van der Waals surface area contributed by atoms with Gasteiger partial charge >= 0.3 is 0 Å². The van der Waals surface area contributed by atoms with E-state index in [1.54, 1.807) is 54.4 Å². The second kappa shape index (κ2) is 8.73. The number of sulfonamides is 1. The summed E-state index contributed by atoms with van der Waals surface area (Å²) < 4.78 is 32.4. The van der Waals surface area contributed by atoms with Gasteiger partial charge in [-0.05, 0) is 43.3 Å². The van der Waals surface area contributed by atoms with Crippen molar-refractivity contribution in [1.29, 1.82) is 0 Å². The minimum absolute atomic E-state index is 0.161. The molecule has 0 atom stereocenters. The molecule has 0 fully saturated rings. The first-order valence-corrected chi connectivity index (χ1v) is 9.89. The fourth-order valence-electron chi connectivity index (χ4n) is 2.49. The molecule has 6 nitrogen and oxygen atoms in total. The van der Waals surface area contributed by atoms with Gasteiger partial charge in [0.2, 0.25) is 0 Å². The topological polar surface area (TPSA) is 66.9 Å². The lowest BCUT2D eigenvalue weighted by atomic mass is 10.1. The number of benzene rings is 2. The maximum Gasteiger partial charge on any atom is 0.264 e. The molecular weight excluding hydrogens is 364 g/mol. The zero-order valence-electron chi connectivity index (χ0n) is 15.9. The van der Waals surface area contributed by atoms with E-state index in [0.29, 0.717) is 17.0 Å². The Balaban J connectivity index is 2.38. The molecule has 7 heteroatoms. The summed E-state index contributed by atoms with van der Waals surface area (Å²) >= 11 is 0. The Hall–Kier alpha value is -2.80. The van der Waals surface area contributed by atoms with Gasteiger partial charge in [-0.15, -0.1) is 0 Å². The first-order valence-electron chi connectivity index (χ1n) is 8.45. The Morgan fingerprint density at radius 3 is 2.33 bits per heavy atom. The zero-order valence-corrected chi connectivity index (χ0v) is 16.7. The van der Waals surface area contributed by atoms with Gasteiger partial charge < -0.3 is 9.64 Å². The second-order valence-corrected chi connectivity index (χ2v) is 7.90. The van der Waals surface area contributed by atoms with Crippen LogP contribution in [-0.4, -0.2) is 46.9 Å². The van der Waals surface area contributed by atoms with Gasteiger partial charge in [0, 0.05) is 38.5 Å². The molecule has 0 saturated carbocycles. The van der Waals surface area contributed by atoms with Gasteiger partial charge in [-0.3, -0.25) is 9.10 Å². The molecule has 2 aromatic carbocycles. The molecule has 0 amide bonds. The lowest BCUT2D eigenvalue weighted by Gasteiger charge is -2.23. The number of carbonyl (C=O) groups excluding carboxylic acids is 1. The van der Waals surface area contributed by atoms with Gasteiger partial charge in [0.05, 0.1) is 17.7 Å². The smallest absolute Gasteiger partial charge is 0.264 e. The molecule has 2 rings (SSSR count). The molecule has 0 saturated heterocycles. The van der Waals surface area contributed by atoms with Crippen molar-refractivity contribution in [3.63, 3.8) is 0 Å². The number of rotatable bonds is 8. The highest BCUT2D eigenvalue weighted by molar-refractivity contribution is 7.92. The van der Waals surface area contributed by atoms with Crippen molar-refractivity contribution in [3.8, 4) is 5.75 Å². The van der Waals surface area contributed by atoms with Crippen LogP contribution in [0.25, 0.3) is 0 Å². The molecule has 0 bridgehead atoms. The normalized spacial score (nSPS) is 11.4. The van der Waals surface area contributed by atoms with E-state index in [1.807, 2.05) is 14.1 Å². The zero-order chi connectivity index (χ0) is 20.0. The van der Waals surface area contributed by atoms with Gasteiger partial charge in [-0.1, -0.05) is 12.1 Å². The quantitative estimate of drug-likeness (QED) is 0.513. The highest BCUT2D eigenvalue weighted by Gasteiger charge is 2.24. The van der Waals surface area contributed by atoms with Crippen molar-refractivity contribution in [2.45, 2.75) is 11.8 Å². The summed E-state index contributed by atoms with van der Waals surface area (Å²) in [5, 5.41) is 0. The van der Waals surface area contributed by atoms with Crippen LogP contribution in [0.4, 0.5) is 5.69 Å². The SMILES string of the molecule is CCN(c1cccc(C(=O)/C=C/N(C)C)c1)S(=O)(=O)c1ccc(OC)cc1. The van der Waals surface area contributed by atoms with Crippen LogP contribution in [0.1, 0.15) is 17.3 Å². The van der Waals surface area contributed by atoms with E-state index in [-0.39, 0.29) is 17.2 Å². The number of hydrogen-bond donors (Lipinski definition) is 0. The van der Waals surface area contributed by atoms with Crippen LogP contribution in [0.3, 0.4) is 0 Å². The molecule has 0 spiro atoms. The summed E-state index contributed by atoms with van der Waals surface area (Å²) in [6, 6.07) is 12.8. The maximum atomic E-state index is 13.0. The van der Waals surface area contributed by atoms with Crippen LogP contribution in [0, 0.1) is 0 Å². The summed E-state index contributed by atoms with van der Waals surface area (Å²) in [6.45, 7) is 1.99. The van der Waals surface area contributed by atoms with Crippen LogP contribution < -0.4 is 9.04 Å². The van der Waals surface area contributed by atoms with Gasteiger partial charge in [0.25, 0.3) is 10.0 Å². The average molecular weight is 388 g/mol. The standard InChI is InChI=1S/C20H24N2O4S/c1-5-22(27(24,25)19-11-9-18(26-4)10-12-19)17-8-6-7-16(15-17)20(23)13-14-21(2)3/h6-15H,5H2,1-4H3/b14-13+. The Morgan fingerprint density at radius 1 is 1.11 bits per heavy atom. The predicted octanol–water partition coefficient (Wildman–Crippen LogP) is 3.17. The summed E-state index contributed by atoms with van der Waals surface area (Å²) in [6.07, 6.45) is 3.11. The molecule has 0 aliphatic heterocycles. The van der Waals surface area contributed by atoms with Crippen molar-refractivity contribution in [2.75, 3.05) is 32.1 Å². The van der Waals surface area contributed by atoms with Crippen LogP contribution in [0.2, 0.25) is 0 Å². The molecular formula is C20H24N2O4S. The van der Waals surface area contributed by atoms with Crippen LogP contribution in [0.15, 0.2) is 65.7 Å². The minimum atomic E-state index is -3.76. The Bertz CT molecular complexity index is 919. The number of nitrogens with zero attached hydrogens (tertiary/aromatic N) is 2. The maximum absolute atomic E-state index is 13.0. The molecule has 0 aromatic heterocycles. The molecule has 0 aliphatic rings. The summed E-state index contributed by atoms with van der Waals surface area (Å²) in [4.78, 5) is 14.2. The van der Waals surface area contributed by atoms with Gasteiger partial charge in [0.1, 0.15) is 5.75 Å². The van der Waals surface area contributed by atoms with E-state index in [4.69, 9.17) is 4.74 Å². The largest absolute Gasteiger partial charge is 0.497 e. The lowest BCUT2D eigenvalue weighted by Crippen LogP contribution is -2.30. The Labute approximate surface area is 160 Å². The Kier molecular flexibility index (Phi) is 6.63. The van der Waals surface area contributed by atoms with Crippen molar-refractivity contribution >= 4 is 21.5 Å². The van der Waals surface area contributed by atoms with E-state index < -0.39 is 10.0 Å². The first kappa shape index (κ1) is 20.5. The third-order valence-electron chi connectivity index (χ3n) is 3.88. The second-order valence-electron chi connectivity index (χ2n) is 6.04. The fourth-order valence-corrected chi connectivity index (χ4v) is 3.96. The number of carbonyl (C=O) groups is 1. The molecule has 0 N–H and O–H groups in total. The van der Waals surface area contributed by atoms with Gasteiger partial charge in [-0.2, -0.15) is 0 Å². The summed E-state index contributed by atoms with van der Waals surface area (Å²) in [5.74, 6) is 0.390. The number of allylic oxidation sites excluding steroid dienone is 1. The summed E-state index contributed by atoms with van der Waals surface area (Å²) in [7, 11) is 1.41. The van der Waals surface area contributed by atoms with Crippen LogP contribution in [0.5, 0.6) is 5.75 Å². The van der Waals surface area contributed by atoms with Crippen molar-refractivity contribution in [1.82, 2.24) is 4.90 Å². The van der Waals surface area contributed by atoms with Gasteiger partial charge in [-0.25, -0.2) is 8.42 Å². The molecule has 27 heavy (non-hydrogen) atoms. The summed E-state index contributed by atoms with van der Waals surface area (Å²) in [5.41, 5.74) is 0.867. The van der Waals surface area contributed by atoms with E-state index >= 15 is 0 Å². The minimum Gasteiger partial charge on any atom is -0.497 e. The molecule has 0 heterocycles. The number of anilines is 1. The van der Waals surface area contributed by atoms with Crippen molar-refractivity contribution in [3.05, 3.63) is 66.4 Å². The van der Waals surface area contributed by atoms with E-state index in [9.17, 15) is 13.2 Å². The molecule has 0 aliphatic carbocycles. The van der Waals surface area contributed by atoms with E-state index in [0.717, 1.165) is 0 Å². The Morgan fingerprint density at radius 2 is 1.78 bits per heavy atom. The van der Waals surface area contributed by atoms with Crippen molar-refractivity contribution in [2.24, 2.45) is 0 Å².